The number of rotatable bonds is 3. The van der Waals surface area contributed by atoms with Crippen LogP contribution in [0.3, 0.4) is 0 Å². The summed E-state index contributed by atoms with van der Waals surface area (Å²) in [5, 5.41) is 12.2. The predicted octanol–water partition coefficient (Wildman–Crippen LogP) is 4.45. The molecule has 0 saturated heterocycles. The number of amides is 1. The van der Waals surface area contributed by atoms with Gasteiger partial charge >= 0.3 is 0 Å². The van der Waals surface area contributed by atoms with Crippen LogP contribution in [-0.4, -0.2) is 30.5 Å². The molecular weight excluding hydrogens is 451 g/mol. The van der Waals surface area contributed by atoms with E-state index in [4.69, 9.17) is 4.98 Å². The van der Waals surface area contributed by atoms with Gasteiger partial charge in [0.2, 0.25) is 0 Å². The van der Waals surface area contributed by atoms with E-state index in [1.807, 2.05) is 27.8 Å². The average molecular weight is 471 g/mol. The highest BCUT2D eigenvalue weighted by Gasteiger charge is 2.22. The number of hydrogen-bond donors (Lipinski definition) is 1. The Labute approximate surface area is 181 Å². The third-order valence-corrected chi connectivity index (χ3v) is 5.65. The van der Waals surface area contributed by atoms with Crippen molar-refractivity contribution in [2.75, 3.05) is 5.32 Å². The number of halogens is 2. The smallest absolute Gasteiger partial charge is 0.256 e. The van der Waals surface area contributed by atoms with E-state index in [9.17, 15) is 9.18 Å². The zero-order valence-electron chi connectivity index (χ0n) is 17.2. The van der Waals surface area contributed by atoms with E-state index < -0.39 is 11.7 Å². The number of fused-ring (bicyclic) bond motifs is 1. The van der Waals surface area contributed by atoms with Crippen LogP contribution in [0.15, 0.2) is 28.7 Å². The third-order valence-electron chi connectivity index (χ3n) is 5.16. The molecule has 154 valence electrons. The zero-order chi connectivity index (χ0) is 21.7. The molecule has 0 fully saturated rings. The minimum Gasteiger partial charge on any atom is -0.319 e. The van der Waals surface area contributed by atoms with E-state index in [1.54, 1.807) is 28.5 Å². The Hall–Kier alpha value is -3.07. The molecule has 3 heterocycles. The number of hydrogen-bond acceptors (Lipinski definition) is 4. The summed E-state index contributed by atoms with van der Waals surface area (Å²) in [4.78, 5) is 18.0. The lowest BCUT2D eigenvalue weighted by molar-refractivity contribution is 0.102. The number of nitrogens with one attached hydrogen (secondary N) is 1. The van der Waals surface area contributed by atoms with Gasteiger partial charge in [0.15, 0.2) is 5.65 Å². The van der Waals surface area contributed by atoms with Crippen LogP contribution >= 0.6 is 15.9 Å². The average Bonchev–Trinajstić information content (AvgIpc) is 3.11. The Kier molecular flexibility index (Phi) is 4.93. The Morgan fingerprint density at radius 3 is 2.40 bits per heavy atom. The fourth-order valence-electron chi connectivity index (χ4n) is 3.68. The molecule has 4 aromatic rings. The molecule has 0 radical (unpaired) electrons. The molecule has 0 aliphatic carbocycles. The summed E-state index contributed by atoms with van der Waals surface area (Å²) >= 11 is 3.22. The van der Waals surface area contributed by atoms with E-state index in [1.165, 1.54) is 12.1 Å². The summed E-state index contributed by atoms with van der Waals surface area (Å²) in [7, 11) is 3.65. The fourth-order valence-corrected chi connectivity index (χ4v) is 4.01. The van der Waals surface area contributed by atoms with Crippen molar-refractivity contribution in [1.29, 1.82) is 0 Å². The van der Waals surface area contributed by atoms with Crippen molar-refractivity contribution in [3.63, 3.8) is 0 Å². The maximum absolute atomic E-state index is 14.3. The van der Waals surface area contributed by atoms with Gasteiger partial charge in [0, 0.05) is 29.8 Å². The quantitative estimate of drug-likeness (QED) is 0.479. The van der Waals surface area contributed by atoms with Crippen molar-refractivity contribution < 1.29 is 9.18 Å². The standard InChI is InChI=1S/C21H20BrFN6O/c1-10-18(12(3)28(4)26-10)17-9-14(19-11(2)27-29(5)20(19)24-17)21(30)25-16-7-6-13(22)8-15(16)23/h6-9H,1-5H3,(H,25,30). The molecule has 30 heavy (non-hydrogen) atoms. The van der Waals surface area contributed by atoms with Gasteiger partial charge in [-0.1, -0.05) is 15.9 Å². The Balaban J connectivity index is 1.90. The van der Waals surface area contributed by atoms with Crippen molar-refractivity contribution in [1.82, 2.24) is 24.5 Å². The Morgan fingerprint density at radius 2 is 1.77 bits per heavy atom. The minimum atomic E-state index is -0.523. The summed E-state index contributed by atoms with van der Waals surface area (Å²) in [6.45, 7) is 5.67. The van der Waals surface area contributed by atoms with Crippen molar-refractivity contribution in [3.8, 4) is 11.3 Å². The maximum Gasteiger partial charge on any atom is 0.256 e. The van der Waals surface area contributed by atoms with E-state index >= 15 is 0 Å². The molecule has 9 heteroatoms. The number of anilines is 1. The van der Waals surface area contributed by atoms with Gasteiger partial charge in [0.25, 0.3) is 5.91 Å². The van der Waals surface area contributed by atoms with Gasteiger partial charge < -0.3 is 5.32 Å². The maximum atomic E-state index is 14.3. The highest BCUT2D eigenvalue weighted by molar-refractivity contribution is 9.10. The first-order valence-corrected chi connectivity index (χ1v) is 10.1. The Bertz CT molecular complexity index is 1320. The van der Waals surface area contributed by atoms with Crippen LogP contribution in [0.4, 0.5) is 10.1 Å². The molecule has 1 aromatic carbocycles. The van der Waals surface area contributed by atoms with Crippen LogP contribution in [-0.2, 0) is 14.1 Å². The van der Waals surface area contributed by atoms with E-state index in [0.29, 0.717) is 32.5 Å². The first-order chi connectivity index (χ1) is 14.2. The molecule has 0 unspecified atom stereocenters. The fraction of sp³-hybridized carbons (Fsp3) is 0.238. The van der Waals surface area contributed by atoms with Gasteiger partial charge in [0.1, 0.15) is 5.82 Å². The van der Waals surface area contributed by atoms with Gasteiger partial charge in [-0.25, -0.2) is 9.37 Å². The predicted molar refractivity (Wildman–Crippen MR) is 117 cm³/mol. The minimum absolute atomic E-state index is 0.102. The molecule has 0 bridgehead atoms. The van der Waals surface area contributed by atoms with Gasteiger partial charge in [-0.05, 0) is 45.0 Å². The lowest BCUT2D eigenvalue weighted by Crippen LogP contribution is -2.14. The number of benzene rings is 1. The highest BCUT2D eigenvalue weighted by Crippen LogP contribution is 2.31. The summed E-state index contributed by atoms with van der Waals surface area (Å²) in [6, 6.07) is 6.22. The second-order valence-electron chi connectivity index (χ2n) is 7.21. The van der Waals surface area contributed by atoms with Crippen molar-refractivity contribution >= 4 is 38.6 Å². The molecule has 0 aliphatic heterocycles. The van der Waals surface area contributed by atoms with Crippen LogP contribution in [0, 0.1) is 26.6 Å². The van der Waals surface area contributed by atoms with E-state index in [0.717, 1.165) is 17.0 Å². The topological polar surface area (TPSA) is 77.6 Å². The molecule has 1 N–H and O–H groups in total. The number of carbonyl (C=O) groups is 1. The summed E-state index contributed by atoms with van der Waals surface area (Å²) in [5.41, 5.74) is 4.96. The number of carbonyl (C=O) groups excluding carboxylic acids is 1. The lowest BCUT2D eigenvalue weighted by atomic mass is 10.0. The third kappa shape index (κ3) is 3.28. The molecule has 0 atom stereocenters. The van der Waals surface area contributed by atoms with Crippen LogP contribution in [0.25, 0.3) is 22.3 Å². The highest BCUT2D eigenvalue weighted by atomic mass is 79.9. The van der Waals surface area contributed by atoms with E-state index in [2.05, 4.69) is 31.4 Å². The van der Waals surface area contributed by atoms with Crippen molar-refractivity contribution in [2.24, 2.45) is 14.1 Å². The number of aromatic nitrogens is 5. The summed E-state index contributed by atoms with van der Waals surface area (Å²) in [5.74, 6) is -0.953. The first kappa shape index (κ1) is 20.2. The Morgan fingerprint density at radius 1 is 1.07 bits per heavy atom. The van der Waals surface area contributed by atoms with Crippen LogP contribution in [0.1, 0.15) is 27.4 Å². The molecule has 7 nitrogen and oxygen atoms in total. The molecule has 0 saturated carbocycles. The normalized spacial score (nSPS) is 11.3. The molecular formula is C21H20BrFN6O. The second-order valence-corrected chi connectivity index (χ2v) is 8.13. The number of aryl methyl sites for hydroxylation is 4. The van der Waals surface area contributed by atoms with Crippen molar-refractivity contribution in [2.45, 2.75) is 20.8 Å². The molecule has 3 aromatic heterocycles. The van der Waals surface area contributed by atoms with E-state index in [-0.39, 0.29) is 5.69 Å². The second kappa shape index (κ2) is 7.32. The van der Waals surface area contributed by atoms with Crippen LogP contribution in [0.2, 0.25) is 0 Å². The molecule has 1 amide bonds. The molecule has 0 spiro atoms. The van der Waals surface area contributed by atoms with Gasteiger partial charge in [-0.3, -0.25) is 14.2 Å². The van der Waals surface area contributed by atoms with Crippen molar-refractivity contribution in [3.05, 3.63) is 57.2 Å². The van der Waals surface area contributed by atoms with Crippen LogP contribution in [0.5, 0.6) is 0 Å². The molecule has 4 rings (SSSR count). The zero-order valence-corrected chi connectivity index (χ0v) is 18.8. The summed E-state index contributed by atoms with van der Waals surface area (Å²) < 4.78 is 18.3. The largest absolute Gasteiger partial charge is 0.319 e. The number of pyridine rings is 1. The lowest BCUT2D eigenvalue weighted by Gasteiger charge is -2.10. The summed E-state index contributed by atoms with van der Waals surface area (Å²) in [6.07, 6.45) is 0. The first-order valence-electron chi connectivity index (χ1n) is 9.28. The number of nitrogens with zero attached hydrogens (tertiary/aromatic N) is 5. The SMILES string of the molecule is Cc1nn(C)c(C)c1-c1cc(C(=O)Nc2ccc(Br)cc2F)c2c(C)nn(C)c2n1. The van der Waals surface area contributed by atoms with Gasteiger partial charge in [0.05, 0.1) is 33.7 Å². The van der Waals surface area contributed by atoms with Crippen LogP contribution < -0.4 is 5.32 Å². The van der Waals surface area contributed by atoms with Gasteiger partial charge in [-0.15, -0.1) is 0 Å². The monoisotopic (exact) mass is 470 g/mol. The van der Waals surface area contributed by atoms with Gasteiger partial charge in [-0.2, -0.15) is 10.2 Å². The molecule has 0 aliphatic rings.